The van der Waals surface area contributed by atoms with Crippen LogP contribution in [0.2, 0.25) is 0 Å². The molecule has 0 aromatic carbocycles. The zero-order chi connectivity index (χ0) is 12.8. The van der Waals surface area contributed by atoms with Crippen LogP contribution < -0.4 is 0 Å². The van der Waals surface area contributed by atoms with Crippen LogP contribution in [0.4, 0.5) is 0 Å². The van der Waals surface area contributed by atoms with Gasteiger partial charge in [-0.2, -0.15) is 0 Å². The van der Waals surface area contributed by atoms with Gasteiger partial charge in [0.2, 0.25) is 0 Å². The Bertz CT molecular complexity index is 305. The van der Waals surface area contributed by atoms with Gasteiger partial charge in [0.1, 0.15) is 0 Å². The first-order chi connectivity index (χ1) is 8.55. The minimum atomic E-state index is 0.0788. The molecule has 3 atom stereocenters. The lowest BCUT2D eigenvalue weighted by Gasteiger charge is -2.49. The summed E-state index contributed by atoms with van der Waals surface area (Å²) in [5, 5.41) is 0. The summed E-state index contributed by atoms with van der Waals surface area (Å²) in [5.41, 5.74) is 0.0788. The van der Waals surface area contributed by atoms with E-state index in [0.29, 0.717) is 0 Å². The molecule has 3 unspecified atom stereocenters. The van der Waals surface area contributed by atoms with E-state index in [4.69, 9.17) is 4.74 Å². The Balaban J connectivity index is 1.67. The Morgan fingerprint density at radius 3 is 2.72 bits per heavy atom. The molecule has 3 rings (SSSR count). The van der Waals surface area contributed by atoms with Crippen LogP contribution in [0.15, 0.2) is 0 Å². The SMILES string of the molecule is CC1CN2CCCC2CN1C1CCOC(C)(C)C1. The molecule has 0 radical (unpaired) electrons. The van der Waals surface area contributed by atoms with Crippen LogP contribution in [0.3, 0.4) is 0 Å². The third-order valence-corrected chi connectivity index (χ3v) is 5.13. The summed E-state index contributed by atoms with van der Waals surface area (Å²) in [7, 11) is 0. The summed E-state index contributed by atoms with van der Waals surface area (Å²) in [4.78, 5) is 5.50. The maximum atomic E-state index is 5.87. The van der Waals surface area contributed by atoms with Gasteiger partial charge in [-0.15, -0.1) is 0 Å². The highest BCUT2D eigenvalue weighted by Gasteiger charge is 2.40. The van der Waals surface area contributed by atoms with Gasteiger partial charge in [0.05, 0.1) is 5.60 Å². The number of fused-ring (bicyclic) bond motifs is 1. The van der Waals surface area contributed by atoms with Gasteiger partial charge in [0, 0.05) is 37.8 Å². The van der Waals surface area contributed by atoms with E-state index in [1.807, 2.05) is 0 Å². The maximum Gasteiger partial charge on any atom is 0.0641 e. The molecule has 0 spiro atoms. The van der Waals surface area contributed by atoms with Gasteiger partial charge < -0.3 is 4.74 Å². The topological polar surface area (TPSA) is 15.7 Å². The van der Waals surface area contributed by atoms with Crippen molar-refractivity contribution in [3.8, 4) is 0 Å². The first-order valence-corrected chi connectivity index (χ1v) is 7.69. The molecule has 18 heavy (non-hydrogen) atoms. The maximum absolute atomic E-state index is 5.87. The number of piperazine rings is 1. The van der Waals surface area contributed by atoms with E-state index in [-0.39, 0.29) is 5.60 Å². The molecular formula is C15H28N2O. The fourth-order valence-corrected chi connectivity index (χ4v) is 4.20. The van der Waals surface area contributed by atoms with Gasteiger partial charge in [-0.3, -0.25) is 9.80 Å². The van der Waals surface area contributed by atoms with E-state index in [9.17, 15) is 0 Å². The molecule has 3 aliphatic heterocycles. The van der Waals surface area contributed by atoms with Crippen molar-refractivity contribution in [3.63, 3.8) is 0 Å². The minimum Gasteiger partial charge on any atom is -0.375 e. The predicted octanol–water partition coefficient (Wildman–Crippen LogP) is 2.11. The molecule has 3 heterocycles. The van der Waals surface area contributed by atoms with Crippen LogP contribution in [-0.4, -0.2) is 59.8 Å². The molecule has 0 bridgehead atoms. The zero-order valence-electron chi connectivity index (χ0n) is 12.2. The van der Waals surface area contributed by atoms with Crippen molar-refractivity contribution in [3.05, 3.63) is 0 Å². The molecule has 0 aromatic rings. The van der Waals surface area contributed by atoms with E-state index in [0.717, 1.165) is 24.7 Å². The van der Waals surface area contributed by atoms with Crippen molar-refractivity contribution in [2.75, 3.05) is 26.2 Å². The van der Waals surface area contributed by atoms with Crippen molar-refractivity contribution < 1.29 is 4.74 Å². The Morgan fingerprint density at radius 2 is 1.94 bits per heavy atom. The van der Waals surface area contributed by atoms with Gasteiger partial charge in [0.15, 0.2) is 0 Å². The highest BCUT2D eigenvalue weighted by molar-refractivity contribution is 4.95. The highest BCUT2D eigenvalue weighted by atomic mass is 16.5. The lowest BCUT2D eigenvalue weighted by Crippen LogP contribution is -2.60. The van der Waals surface area contributed by atoms with Gasteiger partial charge in [0.25, 0.3) is 0 Å². The summed E-state index contributed by atoms with van der Waals surface area (Å²) in [5.74, 6) is 0. The molecule has 3 heteroatoms. The minimum absolute atomic E-state index is 0.0788. The van der Waals surface area contributed by atoms with Crippen molar-refractivity contribution in [1.82, 2.24) is 9.80 Å². The van der Waals surface area contributed by atoms with Gasteiger partial charge >= 0.3 is 0 Å². The Labute approximate surface area is 111 Å². The van der Waals surface area contributed by atoms with Crippen LogP contribution in [0.1, 0.15) is 46.5 Å². The molecule has 0 N–H and O–H groups in total. The van der Waals surface area contributed by atoms with Crippen molar-refractivity contribution in [2.24, 2.45) is 0 Å². The molecule has 0 saturated carbocycles. The molecule has 104 valence electrons. The summed E-state index contributed by atoms with van der Waals surface area (Å²) in [6.07, 6.45) is 5.24. The van der Waals surface area contributed by atoms with Crippen LogP contribution >= 0.6 is 0 Å². The third-order valence-electron chi connectivity index (χ3n) is 5.13. The molecule has 3 aliphatic rings. The molecule has 3 fully saturated rings. The van der Waals surface area contributed by atoms with Crippen molar-refractivity contribution in [1.29, 1.82) is 0 Å². The van der Waals surface area contributed by atoms with Gasteiger partial charge in [-0.25, -0.2) is 0 Å². The lowest BCUT2D eigenvalue weighted by molar-refractivity contribution is -0.0991. The summed E-state index contributed by atoms with van der Waals surface area (Å²) < 4.78 is 5.87. The Hall–Kier alpha value is -0.120. The van der Waals surface area contributed by atoms with Crippen LogP contribution in [0.5, 0.6) is 0 Å². The van der Waals surface area contributed by atoms with E-state index in [2.05, 4.69) is 30.6 Å². The fraction of sp³-hybridized carbons (Fsp3) is 1.00. The van der Waals surface area contributed by atoms with Crippen LogP contribution in [0, 0.1) is 0 Å². The smallest absolute Gasteiger partial charge is 0.0641 e. The van der Waals surface area contributed by atoms with Crippen molar-refractivity contribution in [2.45, 2.75) is 70.2 Å². The molecule has 0 aliphatic carbocycles. The van der Waals surface area contributed by atoms with Crippen LogP contribution in [-0.2, 0) is 4.74 Å². The van der Waals surface area contributed by atoms with E-state index < -0.39 is 0 Å². The molecule has 0 amide bonds. The average molecular weight is 252 g/mol. The predicted molar refractivity (Wildman–Crippen MR) is 73.8 cm³/mol. The van der Waals surface area contributed by atoms with Gasteiger partial charge in [-0.1, -0.05) is 0 Å². The normalized spacial score (nSPS) is 41.8. The number of ether oxygens (including phenoxy) is 1. The second-order valence-corrected chi connectivity index (χ2v) is 7.09. The largest absolute Gasteiger partial charge is 0.375 e. The van der Waals surface area contributed by atoms with Crippen molar-refractivity contribution >= 4 is 0 Å². The Morgan fingerprint density at radius 1 is 1.11 bits per heavy atom. The van der Waals surface area contributed by atoms with E-state index in [1.165, 1.54) is 45.3 Å². The monoisotopic (exact) mass is 252 g/mol. The number of hydrogen-bond acceptors (Lipinski definition) is 3. The quantitative estimate of drug-likeness (QED) is 0.711. The number of nitrogens with zero attached hydrogens (tertiary/aromatic N) is 2. The van der Waals surface area contributed by atoms with Crippen LogP contribution in [0.25, 0.3) is 0 Å². The standard InChI is InChI=1S/C15H28N2O/c1-12-10-16-7-4-5-14(16)11-17(12)13-6-8-18-15(2,3)9-13/h12-14H,4-11H2,1-3H3. The number of hydrogen-bond donors (Lipinski definition) is 0. The van der Waals surface area contributed by atoms with E-state index >= 15 is 0 Å². The lowest BCUT2D eigenvalue weighted by atomic mass is 9.90. The summed E-state index contributed by atoms with van der Waals surface area (Å²) in [6, 6.07) is 2.30. The highest BCUT2D eigenvalue weighted by Crippen LogP contribution is 2.32. The third kappa shape index (κ3) is 2.45. The average Bonchev–Trinajstić information content (AvgIpc) is 2.73. The number of rotatable bonds is 1. The summed E-state index contributed by atoms with van der Waals surface area (Å²) in [6.45, 7) is 11.8. The molecular weight excluding hydrogens is 224 g/mol. The zero-order valence-corrected chi connectivity index (χ0v) is 12.2. The van der Waals surface area contributed by atoms with E-state index in [1.54, 1.807) is 0 Å². The summed E-state index contributed by atoms with van der Waals surface area (Å²) >= 11 is 0. The molecule has 3 nitrogen and oxygen atoms in total. The molecule has 0 aromatic heterocycles. The molecule has 3 saturated heterocycles. The second-order valence-electron chi connectivity index (χ2n) is 7.09. The second kappa shape index (κ2) is 4.77. The fourth-order valence-electron chi connectivity index (χ4n) is 4.20. The first kappa shape index (κ1) is 12.9. The first-order valence-electron chi connectivity index (χ1n) is 7.69. The van der Waals surface area contributed by atoms with Gasteiger partial charge in [-0.05, 0) is 53.0 Å². The Kier molecular flexibility index (Phi) is 3.41.